The van der Waals surface area contributed by atoms with Crippen molar-refractivity contribution in [1.82, 2.24) is 15.5 Å². The summed E-state index contributed by atoms with van der Waals surface area (Å²) in [6, 6.07) is 6.79. The van der Waals surface area contributed by atoms with E-state index in [0.29, 0.717) is 37.3 Å². The van der Waals surface area contributed by atoms with Gasteiger partial charge in [-0.05, 0) is 24.1 Å². The maximum absolute atomic E-state index is 12.1. The smallest absolute Gasteiger partial charge is 0.336 e. The quantitative estimate of drug-likeness (QED) is 0.793. The van der Waals surface area contributed by atoms with Crippen molar-refractivity contribution in [3.8, 4) is 0 Å². The summed E-state index contributed by atoms with van der Waals surface area (Å²) >= 11 is 0. The molecule has 1 aliphatic rings. The highest BCUT2D eigenvalue weighted by atomic mass is 16.4. The standard InChI is InChI=1S/C17H19N3O4/c1-11-2-3-13-12(10-16(22)24-14(13)8-11)9-15(21)18-4-6-20-7-5-19-17(20)23/h2-3,8,10H,4-7,9H2,1H3,(H,18,21)(H,19,23). The molecule has 2 N–H and O–H groups in total. The second kappa shape index (κ2) is 6.74. The summed E-state index contributed by atoms with van der Waals surface area (Å²) in [6.07, 6.45) is 0.0946. The van der Waals surface area contributed by atoms with Crippen molar-refractivity contribution >= 4 is 22.9 Å². The van der Waals surface area contributed by atoms with Crippen molar-refractivity contribution in [1.29, 1.82) is 0 Å². The highest BCUT2D eigenvalue weighted by molar-refractivity contribution is 5.87. The van der Waals surface area contributed by atoms with E-state index in [0.717, 1.165) is 10.9 Å². The Morgan fingerprint density at radius 1 is 1.33 bits per heavy atom. The molecule has 0 spiro atoms. The SMILES string of the molecule is Cc1ccc2c(CC(=O)NCCN3CCNC3=O)cc(=O)oc2c1. The van der Waals surface area contributed by atoms with E-state index >= 15 is 0 Å². The van der Waals surface area contributed by atoms with Crippen LogP contribution in [0.15, 0.2) is 33.5 Å². The van der Waals surface area contributed by atoms with Crippen LogP contribution in [0.2, 0.25) is 0 Å². The Morgan fingerprint density at radius 3 is 2.92 bits per heavy atom. The molecule has 1 aliphatic heterocycles. The summed E-state index contributed by atoms with van der Waals surface area (Å²) < 4.78 is 5.19. The van der Waals surface area contributed by atoms with Crippen LogP contribution in [0.4, 0.5) is 4.79 Å². The van der Waals surface area contributed by atoms with Crippen LogP contribution in [0.25, 0.3) is 11.0 Å². The van der Waals surface area contributed by atoms with Crippen molar-refractivity contribution in [2.45, 2.75) is 13.3 Å². The third-order valence-corrected chi connectivity index (χ3v) is 3.99. The van der Waals surface area contributed by atoms with E-state index in [2.05, 4.69) is 10.6 Å². The molecule has 0 atom stereocenters. The largest absolute Gasteiger partial charge is 0.423 e. The predicted octanol–water partition coefficient (Wildman–Crippen LogP) is 0.785. The fourth-order valence-electron chi connectivity index (χ4n) is 2.77. The van der Waals surface area contributed by atoms with Gasteiger partial charge in [-0.3, -0.25) is 4.79 Å². The molecule has 2 aromatic rings. The topological polar surface area (TPSA) is 91.7 Å². The van der Waals surface area contributed by atoms with Crippen LogP contribution in [0.3, 0.4) is 0 Å². The number of urea groups is 1. The molecule has 126 valence electrons. The fourth-order valence-corrected chi connectivity index (χ4v) is 2.77. The monoisotopic (exact) mass is 329 g/mol. The first-order valence-electron chi connectivity index (χ1n) is 7.86. The zero-order valence-corrected chi connectivity index (χ0v) is 13.4. The average Bonchev–Trinajstić information content (AvgIpc) is 2.92. The van der Waals surface area contributed by atoms with Gasteiger partial charge in [-0.25, -0.2) is 9.59 Å². The van der Waals surface area contributed by atoms with E-state index in [-0.39, 0.29) is 18.4 Å². The summed E-state index contributed by atoms with van der Waals surface area (Å²) in [5.41, 5.74) is 1.64. The third-order valence-electron chi connectivity index (χ3n) is 3.99. The lowest BCUT2D eigenvalue weighted by molar-refractivity contribution is -0.120. The van der Waals surface area contributed by atoms with Crippen LogP contribution in [0, 0.1) is 6.92 Å². The van der Waals surface area contributed by atoms with Crippen LogP contribution in [-0.2, 0) is 11.2 Å². The Bertz CT molecular complexity index is 843. The molecular weight excluding hydrogens is 310 g/mol. The number of carbonyl (C=O) groups excluding carboxylic acids is 2. The van der Waals surface area contributed by atoms with Crippen LogP contribution in [-0.4, -0.2) is 43.0 Å². The Balaban J connectivity index is 1.65. The van der Waals surface area contributed by atoms with E-state index < -0.39 is 5.63 Å². The molecule has 2 heterocycles. The van der Waals surface area contributed by atoms with Crippen molar-refractivity contribution in [2.24, 2.45) is 0 Å². The molecule has 0 unspecified atom stereocenters. The molecule has 1 fully saturated rings. The summed E-state index contributed by atoms with van der Waals surface area (Å²) in [7, 11) is 0. The van der Waals surface area contributed by atoms with E-state index in [1.54, 1.807) is 11.0 Å². The van der Waals surface area contributed by atoms with Gasteiger partial charge in [0.25, 0.3) is 0 Å². The van der Waals surface area contributed by atoms with Crippen LogP contribution < -0.4 is 16.3 Å². The van der Waals surface area contributed by atoms with Gasteiger partial charge in [0.15, 0.2) is 0 Å². The Kier molecular flexibility index (Phi) is 4.50. The maximum atomic E-state index is 12.1. The zero-order chi connectivity index (χ0) is 17.1. The Labute approximate surface area is 138 Å². The van der Waals surface area contributed by atoms with E-state index in [1.165, 1.54) is 6.07 Å². The molecule has 1 saturated heterocycles. The summed E-state index contributed by atoms with van der Waals surface area (Å²) in [5.74, 6) is -0.193. The molecule has 1 aromatic carbocycles. The van der Waals surface area contributed by atoms with Gasteiger partial charge in [-0.2, -0.15) is 0 Å². The molecule has 3 rings (SSSR count). The fraction of sp³-hybridized carbons (Fsp3) is 0.353. The normalized spacial score (nSPS) is 14.0. The van der Waals surface area contributed by atoms with Crippen LogP contribution >= 0.6 is 0 Å². The lowest BCUT2D eigenvalue weighted by Gasteiger charge is -2.14. The highest BCUT2D eigenvalue weighted by Gasteiger charge is 2.18. The molecule has 7 nitrogen and oxygen atoms in total. The van der Waals surface area contributed by atoms with Gasteiger partial charge in [0.1, 0.15) is 5.58 Å². The number of hydrogen-bond donors (Lipinski definition) is 2. The molecule has 0 aliphatic carbocycles. The van der Waals surface area contributed by atoms with Crippen molar-refractivity contribution in [2.75, 3.05) is 26.2 Å². The summed E-state index contributed by atoms with van der Waals surface area (Å²) in [5, 5.41) is 6.25. The first-order valence-corrected chi connectivity index (χ1v) is 7.86. The average molecular weight is 329 g/mol. The van der Waals surface area contributed by atoms with E-state index in [1.807, 2.05) is 19.1 Å². The van der Waals surface area contributed by atoms with Gasteiger partial charge in [-0.1, -0.05) is 12.1 Å². The van der Waals surface area contributed by atoms with Crippen molar-refractivity contribution in [3.63, 3.8) is 0 Å². The van der Waals surface area contributed by atoms with Crippen molar-refractivity contribution in [3.05, 3.63) is 45.8 Å². The molecule has 1 aromatic heterocycles. The number of fused-ring (bicyclic) bond motifs is 1. The minimum Gasteiger partial charge on any atom is -0.423 e. The summed E-state index contributed by atoms with van der Waals surface area (Å²) in [6.45, 7) is 4.04. The minimum atomic E-state index is -0.468. The molecule has 0 saturated carbocycles. The van der Waals surface area contributed by atoms with Gasteiger partial charge >= 0.3 is 11.7 Å². The van der Waals surface area contributed by atoms with Crippen LogP contribution in [0.5, 0.6) is 0 Å². The number of carbonyl (C=O) groups is 2. The number of aryl methyl sites for hydroxylation is 1. The molecule has 7 heteroatoms. The number of nitrogens with one attached hydrogen (secondary N) is 2. The van der Waals surface area contributed by atoms with E-state index in [9.17, 15) is 14.4 Å². The third kappa shape index (κ3) is 3.56. The maximum Gasteiger partial charge on any atom is 0.336 e. The zero-order valence-electron chi connectivity index (χ0n) is 13.4. The van der Waals surface area contributed by atoms with Crippen LogP contribution in [0.1, 0.15) is 11.1 Å². The van der Waals surface area contributed by atoms with Gasteiger partial charge < -0.3 is 20.0 Å². The Morgan fingerprint density at radius 2 is 2.17 bits per heavy atom. The number of nitrogens with zero attached hydrogens (tertiary/aromatic N) is 1. The first-order chi connectivity index (χ1) is 11.5. The molecule has 0 bridgehead atoms. The lowest BCUT2D eigenvalue weighted by atomic mass is 10.1. The van der Waals surface area contributed by atoms with Gasteiger partial charge in [0.05, 0.1) is 6.42 Å². The number of benzene rings is 1. The second-order valence-corrected chi connectivity index (χ2v) is 5.84. The number of rotatable bonds is 5. The molecule has 3 amide bonds. The van der Waals surface area contributed by atoms with Gasteiger partial charge in [0.2, 0.25) is 5.91 Å². The van der Waals surface area contributed by atoms with Gasteiger partial charge in [0, 0.05) is 37.6 Å². The molecule has 0 radical (unpaired) electrons. The predicted molar refractivity (Wildman–Crippen MR) is 88.9 cm³/mol. The second-order valence-electron chi connectivity index (χ2n) is 5.84. The Hall–Kier alpha value is -2.83. The van der Waals surface area contributed by atoms with E-state index in [4.69, 9.17) is 4.42 Å². The van der Waals surface area contributed by atoms with Crippen molar-refractivity contribution < 1.29 is 14.0 Å². The highest BCUT2D eigenvalue weighted by Crippen LogP contribution is 2.18. The number of hydrogen-bond acceptors (Lipinski definition) is 4. The van der Waals surface area contributed by atoms with Gasteiger partial charge in [-0.15, -0.1) is 0 Å². The molecule has 24 heavy (non-hydrogen) atoms. The summed E-state index contributed by atoms with van der Waals surface area (Å²) in [4.78, 5) is 36.9. The minimum absolute atomic E-state index is 0.0946. The first kappa shape index (κ1) is 16.0. The lowest BCUT2D eigenvalue weighted by Crippen LogP contribution is -2.37. The molecular formula is C17H19N3O4. The number of amides is 3.